The number of carbonyl (C=O) groups is 3. The van der Waals surface area contributed by atoms with Crippen LogP contribution >= 0.6 is 23.2 Å². The molecule has 1 aliphatic rings. The van der Waals surface area contributed by atoms with E-state index in [2.05, 4.69) is 10.6 Å². The molecular formula is C13H13Cl2N3O3. The Hall–Kier alpha value is -1.79. The summed E-state index contributed by atoms with van der Waals surface area (Å²) in [5, 5.41) is 5.48. The average Bonchev–Trinajstić information content (AvgIpc) is 2.70. The van der Waals surface area contributed by atoms with Gasteiger partial charge in [0, 0.05) is 16.6 Å². The van der Waals surface area contributed by atoms with Crippen LogP contribution in [0.4, 0.5) is 10.5 Å². The molecule has 4 amide bonds. The molecule has 0 spiro atoms. The van der Waals surface area contributed by atoms with E-state index in [1.165, 1.54) is 18.2 Å². The summed E-state index contributed by atoms with van der Waals surface area (Å²) in [5.74, 6) is -1.20. The van der Waals surface area contributed by atoms with E-state index in [4.69, 9.17) is 23.2 Å². The lowest BCUT2D eigenvalue weighted by molar-refractivity contribution is -0.129. The number of hydrogen-bond acceptors (Lipinski definition) is 3. The van der Waals surface area contributed by atoms with Crippen LogP contribution in [0, 0.1) is 0 Å². The van der Waals surface area contributed by atoms with Crippen LogP contribution in [0.3, 0.4) is 0 Å². The molecule has 1 atom stereocenters. The van der Waals surface area contributed by atoms with Crippen molar-refractivity contribution < 1.29 is 14.4 Å². The van der Waals surface area contributed by atoms with E-state index in [0.717, 1.165) is 11.3 Å². The molecule has 21 heavy (non-hydrogen) atoms. The van der Waals surface area contributed by atoms with E-state index >= 15 is 0 Å². The van der Waals surface area contributed by atoms with Crippen molar-refractivity contribution in [1.82, 2.24) is 10.6 Å². The van der Waals surface area contributed by atoms with Gasteiger partial charge in [-0.1, -0.05) is 30.1 Å². The summed E-state index contributed by atoms with van der Waals surface area (Å²) in [7, 11) is 0. The van der Waals surface area contributed by atoms with Crippen LogP contribution in [-0.2, 0) is 9.59 Å². The molecule has 1 aromatic carbocycles. The molecule has 2 rings (SSSR count). The van der Waals surface area contributed by atoms with Crippen molar-refractivity contribution in [2.45, 2.75) is 19.4 Å². The van der Waals surface area contributed by atoms with Gasteiger partial charge in [-0.2, -0.15) is 0 Å². The minimum absolute atomic E-state index is 0.223. The van der Waals surface area contributed by atoms with E-state index in [9.17, 15) is 14.4 Å². The average molecular weight is 330 g/mol. The number of halogens is 2. The van der Waals surface area contributed by atoms with E-state index in [1.807, 2.05) is 6.92 Å². The number of benzene rings is 1. The number of hydrogen-bond donors (Lipinski definition) is 2. The number of amides is 4. The van der Waals surface area contributed by atoms with Crippen molar-refractivity contribution in [3.05, 3.63) is 28.2 Å². The molecule has 0 radical (unpaired) electrons. The minimum atomic E-state index is -1.23. The zero-order chi connectivity index (χ0) is 15.6. The normalized spacial score (nSPS) is 17.9. The molecule has 1 heterocycles. The van der Waals surface area contributed by atoms with Crippen molar-refractivity contribution in [2.75, 3.05) is 11.4 Å². The van der Waals surface area contributed by atoms with Crippen LogP contribution in [0.5, 0.6) is 0 Å². The summed E-state index contributed by atoms with van der Waals surface area (Å²) in [6, 6.07) is 2.42. The van der Waals surface area contributed by atoms with Gasteiger partial charge in [-0.25, -0.2) is 9.69 Å². The fourth-order valence-electron chi connectivity index (χ4n) is 1.92. The van der Waals surface area contributed by atoms with Gasteiger partial charge in [-0.15, -0.1) is 0 Å². The summed E-state index contributed by atoms with van der Waals surface area (Å²) in [5.41, 5.74) is 0.223. The Morgan fingerprint density at radius 2 is 1.90 bits per heavy atom. The minimum Gasteiger partial charge on any atom is -0.354 e. The van der Waals surface area contributed by atoms with Crippen LogP contribution in [0.25, 0.3) is 0 Å². The third-order valence-electron chi connectivity index (χ3n) is 2.86. The maximum atomic E-state index is 12.2. The molecule has 8 heteroatoms. The van der Waals surface area contributed by atoms with Gasteiger partial charge >= 0.3 is 6.03 Å². The highest BCUT2D eigenvalue weighted by molar-refractivity contribution is 6.36. The number of anilines is 1. The van der Waals surface area contributed by atoms with Gasteiger partial charge in [0.1, 0.15) is 0 Å². The molecule has 2 N–H and O–H groups in total. The Kier molecular flexibility index (Phi) is 4.69. The molecular weight excluding hydrogens is 317 g/mol. The topological polar surface area (TPSA) is 78.5 Å². The van der Waals surface area contributed by atoms with E-state index in [-0.39, 0.29) is 15.7 Å². The molecule has 112 valence electrons. The SMILES string of the molecule is CCCNC(=O)C1NC(=O)N(c2cc(Cl)cc(Cl)c2)C1=O. The number of imide groups is 1. The molecule has 0 saturated carbocycles. The Balaban J connectivity index is 2.24. The van der Waals surface area contributed by atoms with Crippen molar-refractivity contribution >= 4 is 46.7 Å². The molecule has 0 aliphatic carbocycles. The molecule has 1 aromatic rings. The molecule has 1 unspecified atom stereocenters. The van der Waals surface area contributed by atoms with Gasteiger partial charge in [-0.05, 0) is 24.6 Å². The summed E-state index contributed by atoms with van der Waals surface area (Å²) in [6.45, 7) is 2.32. The fourth-order valence-corrected chi connectivity index (χ4v) is 2.43. The number of carbonyl (C=O) groups excluding carboxylic acids is 3. The standard InChI is InChI=1S/C13H13Cl2N3O3/c1-2-3-16-11(19)10-12(20)18(13(21)17-10)9-5-7(14)4-8(15)6-9/h4-6,10H,2-3H2,1H3,(H,16,19)(H,17,21). The summed E-state index contributed by atoms with van der Waals surface area (Å²) in [6.07, 6.45) is 0.730. The van der Waals surface area contributed by atoms with E-state index in [0.29, 0.717) is 6.54 Å². The summed E-state index contributed by atoms with van der Waals surface area (Å²) >= 11 is 11.7. The van der Waals surface area contributed by atoms with Crippen molar-refractivity contribution in [3.8, 4) is 0 Å². The number of nitrogens with one attached hydrogen (secondary N) is 2. The third kappa shape index (κ3) is 3.28. The first-order chi connectivity index (χ1) is 9.93. The first-order valence-electron chi connectivity index (χ1n) is 6.32. The van der Waals surface area contributed by atoms with Crippen LogP contribution in [-0.4, -0.2) is 30.4 Å². The van der Waals surface area contributed by atoms with Gasteiger partial charge in [-0.3, -0.25) is 9.59 Å². The van der Waals surface area contributed by atoms with Crippen LogP contribution < -0.4 is 15.5 Å². The first kappa shape index (κ1) is 15.6. The summed E-state index contributed by atoms with van der Waals surface area (Å²) in [4.78, 5) is 36.9. The third-order valence-corrected chi connectivity index (χ3v) is 3.29. The largest absolute Gasteiger partial charge is 0.354 e. The van der Waals surface area contributed by atoms with Crippen molar-refractivity contribution in [1.29, 1.82) is 0 Å². The maximum Gasteiger partial charge on any atom is 0.329 e. The number of rotatable bonds is 4. The van der Waals surface area contributed by atoms with E-state index < -0.39 is 23.9 Å². The highest BCUT2D eigenvalue weighted by Crippen LogP contribution is 2.27. The molecule has 0 aromatic heterocycles. The zero-order valence-corrected chi connectivity index (χ0v) is 12.7. The quantitative estimate of drug-likeness (QED) is 0.654. The van der Waals surface area contributed by atoms with Gasteiger partial charge in [0.2, 0.25) is 0 Å². The second-order valence-corrected chi connectivity index (χ2v) is 5.35. The van der Waals surface area contributed by atoms with Gasteiger partial charge in [0.05, 0.1) is 5.69 Å². The Bertz CT molecular complexity index is 586. The Labute approximate surface area is 131 Å². The van der Waals surface area contributed by atoms with Gasteiger partial charge in [0.25, 0.3) is 11.8 Å². The lowest BCUT2D eigenvalue weighted by Crippen LogP contribution is -2.45. The predicted molar refractivity (Wildman–Crippen MR) is 79.6 cm³/mol. The smallest absolute Gasteiger partial charge is 0.329 e. The molecule has 1 aliphatic heterocycles. The van der Waals surface area contributed by atoms with Crippen molar-refractivity contribution in [3.63, 3.8) is 0 Å². The lowest BCUT2D eigenvalue weighted by atomic mass is 10.2. The highest BCUT2D eigenvalue weighted by atomic mass is 35.5. The second kappa shape index (κ2) is 6.32. The predicted octanol–water partition coefficient (Wildman–Crippen LogP) is 1.94. The highest BCUT2D eigenvalue weighted by Gasteiger charge is 2.43. The Morgan fingerprint density at radius 1 is 1.29 bits per heavy atom. The van der Waals surface area contributed by atoms with E-state index in [1.54, 1.807) is 0 Å². The zero-order valence-electron chi connectivity index (χ0n) is 11.2. The number of nitrogens with zero attached hydrogens (tertiary/aromatic N) is 1. The maximum absolute atomic E-state index is 12.2. The molecule has 1 fully saturated rings. The molecule has 0 bridgehead atoms. The monoisotopic (exact) mass is 329 g/mol. The first-order valence-corrected chi connectivity index (χ1v) is 7.08. The van der Waals surface area contributed by atoms with Gasteiger partial charge < -0.3 is 10.6 Å². The van der Waals surface area contributed by atoms with Gasteiger partial charge in [0.15, 0.2) is 6.04 Å². The van der Waals surface area contributed by atoms with Crippen molar-refractivity contribution in [2.24, 2.45) is 0 Å². The molecule has 1 saturated heterocycles. The van der Waals surface area contributed by atoms with Crippen LogP contribution in [0.1, 0.15) is 13.3 Å². The van der Waals surface area contributed by atoms with Crippen LogP contribution in [0.2, 0.25) is 10.0 Å². The lowest BCUT2D eigenvalue weighted by Gasteiger charge is -2.13. The van der Waals surface area contributed by atoms with Crippen LogP contribution in [0.15, 0.2) is 18.2 Å². The second-order valence-electron chi connectivity index (χ2n) is 4.47. The summed E-state index contributed by atoms with van der Waals surface area (Å²) < 4.78 is 0. The molecule has 6 nitrogen and oxygen atoms in total. The fraction of sp³-hybridized carbons (Fsp3) is 0.308. The number of urea groups is 1. The Morgan fingerprint density at radius 3 is 2.48 bits per heavy atom.